The van der Waals surface area contributed by atoms with Crippen molar-refractivity contribution < 1.29 is 0 Å². The van der Waals surface area contributed by atoms with Crippen LogP contribution >= 0.6 is 0 Å². The van der Waals surface area contributed by atoms with E-state index < -0.39 is 0 Å². The lowest BCUT2D eigenvalue weighted by atomic mass is 9.75. The van der Waals surface area contributed by atoms with E-state index in [0.717, 1.165) is 6.42 Å². The molecule has 2 atom stereocenters. The van der Waals surface area contributed by atoms with Crippen molar-refractivity contribution in [3.05, 3.63) is 0 Å². The van der Waals surface area contributed by atoms with Gasteiger partial charge in [-0.3, -0.25) is 0 Å². The van der Waals surface area contributed by atoms with Crippen molar-refractivity contribution in [1.82, 2.24) is 0 Å². The zero-order valence-electron chi connectivity index (χ0n) is 7.27. The predicted molar refractivity (Wildman–Crippen MR) is 49.5 cm³/mol. The summed E-state index contributed by atoms with van der Waals surface area (Å²) in [5.41, 5.74) is 0. The largest absolute Gasteiger partial charge is 0.103 e. The van der Waals surface area contributed by atoms with E-state index in [4.69, 9.17) is 7.85 Å². The van der Waals surface area contributed by atoms with E-state index in [2.05, 4.69) is 18.8 Å². The fourth-order valence-electron chi connectivity index (χ4n) is 1.42. The van der Waals surface area contributed by atoms with Crippen molar-refractivity contribution >= 4 is 7.85 Å². The predicted octanol–water partition coefficient (Wildman–Crippen LogP) is 2.55. The summed E-state index contributed by atoms with van der Waals surface area (Å²) >= 11 is 0. The van der Waals surface area contributed by atoms with E-state index in [0.29, 0.717) is 5.92 Å². The third-order valence-electron chi connectivity index (χ3n) is 2.24. The molecule has 1 rings (SSSR count). The van der Waals surface area contributed by atoms with Crippen LogP contribution in [-0.4, -0.2) is 7.85 Å². The van der Waals surface area contributed by atoms with Crippen LogP contribution in [0.1, 0.15) is 39.0 Å². The zero-order valence-corrected chi connectivity index (χ0v) is 7.27. The van der Waals surface area contributed by atoms with Crippen molar-refractivity contribution in [2.75, 3.05) is 0 Å². The Labute approximate surface area is 71.2 Å². The van der Waals surface area contributed by atoms with Gasteiger partial charge in [0, 0.05) is 12.3 Å². The number of rotatable bonds is 1. The molecule has 0 aromatic carbocycles. The minimum atomic E-state index is 0.251. The van der Waals surface area contributed by atoms with Gasteiger partial charge in [0.1, 0.15) is 0 Å². The Morgan fingerprint density at radius 1 is 1.36 bits per heavy atom. The minimum Gasteiger partial charge on any atom is -0.103 e. The molecule has 0 amide bonds. The highest BCUT2D eigenvalue weighted by molar-refractivity contribution is 6.11. The van der Waals surface area contributed by atoms with Gasteiger partial charge in [-0.2, -0.15) is 0 Å². The molecule has 11 heavy (non-hydrogen) atoms. The molecular formula is C10H15B. The van der Waals surface area contributed by atoms with Gasteiger partial charge in [0.25, 0.3) is 0 Å². The lowest BCUT2D eigenvalue weighted by molar-refractivity contribution is 0.528. The summed E-state index contributed by atoms with van der Waals surface area (Å²) < 4.78 is 0. The van der Waals surface area contributed by atoms with E-state index in [9.17, 15) is 0 Å². The molecule has 0 N–H and O–H groups in total. The average molecular weight is 146 g/mol. The lowest BCUT2D eigenvalue weighted by Crippen LogP contribution is -2.05. The van der Waals surface area contributed by atoms with Crippen LogP contribution in [0.5, 0.6) is 0 Å². The zero-order chi connectivity index (χ0) is 8.10. The first-order valence-corrected chi connectivity index (χ1v) is 4.54. The van der Waals surface area contributed by atoms with E-state index >= 15 is 0 Å². The van der Waals surface area contributed by atoms with Gasteiger partial charge in [0.2, 0.25) is 0 Å². The minimum absolute atomic E-state index is 0.251. The topological polar surface area (TPSA) is 0 Å². The van der Waals surface area contributed by atoms with Gasteiger partial charge in [-0.1, -0.05) is 25.6 Å². The summed E-state index contributed by atoms with van der Waals surface area (Å²) in [6.07, 6.45) is 6.19. The van der Waals surface area contributed by atoms with Crippen LogP contribution < -0.4 is 0 Å². The Morgan fingerprint density at radius 2 is 2.18 bits per heavy atom. The van der Waals surface area contributed by atoms with Gasteiger partial charge >= 0.3 is 0 Å². The fraction of sp³-hybridized carbons (Fsp3) is 0.800. The molecule has 0 aromatic heterocycles. The molecule has 0 aromatic rings. The Balaban J connectivity index is 2.47. The first-order chi connectivity index (χ1) is 5.30. The molecule has 2 unspecified atom stereocenters. The molecule has 0 saturated carbocycles. The summed E-state index contributed by atoms with van der Waals surface area (Å²) in [4.78, 5) is 0. The maximum atomic E-state index is 5.79. The van der Waals surface area contributed by atoms with Gasteiger partial charge in [-0.25, -0.2) is 0 Å². The Hall–Kier alpha value is -0.375. The first-order valence-electron chi connectivity index (χ1n) is 4.54. The summed E-state index contributed by atoms with van der Waals surface area (Å²) in [6.45, 7) is 2.06. The Kier molecular flexibility index (Phi) is 3.56. The van der Waals surface area contributed by atoms with E-state index in [1.54, 1.807) is 0 Å². The fourth-order valence-corrected chi connectivity index (χ4v) is 1.42. The van der Waals surface area contributed by atoms with Crippen molar-refractivity contribution in [1.29, 1.82) is 0 Å². The maximum absolute atomic E-state index is 5.79. The highest BCUT2D eigenvalue weighted by Gasteiger charge is 2.09. The molecule has 0 nitrogen and oxygen atoms in total. The molecule has 0 spiro atoms. The van der Waals surface area contributed by atoms with Crippen molar-refractivity contribution in [2.45, 2.75) is 44.8 Å². The Morgan fingerprint density at radius 3 is 2.91 bits per heavy atom. The second-order valence-corrected chi connectivity index (χ2v) is 3.39. The molecule has 0 aliphatic heterocycles. The normalized spacial score (nSPS) is 27.5. The van der Waals surface area contributed by atoms with Gasteiger partial charge in [0.05, 0.1) is 7.85 Å². The van der Waals surface area contributed by atoms with Crippen LogP contribution in [0, 0.1) is 17.8 Å². The third kappa shape index (κ3) is 3.01. The van der Waals surface area contributed by atoms with Crippen molar-refractivity contribution in [3.63, 3.8) is 0 Å². The molecule has 1 heteroatoms. The molecule has 0 heterocycles. The van der Waals surface area contributed by atoms with Crippen molar-refractivity contribution in [2.24, 2.45) is 5.92 Å². The Bertz CT molecular complexity index is 161. The molecule has 1 aliphatic carbocycles. The molecule has 58 valence electrons. The second-order valence-electron chi connectivity index (χ2n) is 3.39. The summed E-state index contributed by atoms with van der Waals surface area (Å²) in [7, 11) is 5.79. The molecule has 1 aliphatic rings. The number of hydrogen-bond donors (Lipinski definition) is 0. The van der Waals surface area contributed by atoms with Crippen LogP contribution in [0.2, 0.25) is 5.82 Å². The highest BCUT2D eigenvalue weighted by atomic mass is 14.1. The SMILES string of the molecule is [B]C(C)C1C#CCCCCC1. The number of hydrogen-bond acceptors (Lipinski definition) is 0. The quantitative estimate of drug-likeness (QED) is 0.394. The van der Waals surface area contributed by atoms with Gasteiger partial charge in [-0.15, -0.1) is 11.8 Å². The smallest absolute Gasteiger partial charge is 0.0712 e. The summed E-state index contributed by atoms with van der Waals surface area (Å²) in [6, 6.07) is 0. The molecule has 2 radical (unpaired) electrons. The van der Waals surface area contributed by atoms with E-state index in [-0.39, 0.29) is 5.82 Å². The van der Waals surface area contributed by atoms with Crippen LogP contribution in [-0.2, 0) is 0 Å². The van der Waals surface area contributed by atoms with Gasteiger partial charge in [0.15, 0.2) is 0 Å². The first kappa shape index (κ1) is 8.72. The molecule has 0 fully saturated rings. The average Bonchev–Trinajstić information content (AvgIpc) is 1.84. The van der Waals surface area contributed by atoms with E-state index in [1.165, 1.54) is 25.7 Å². The van der Waals surface area contributed by atoms with Gasteiger partial charge in [-0.05, 0) is 12.8 Å². The van der Waals surface area contributed by atoms with Crippen LogP contribution in [0.4, 0.5) is 0 Å². The standard InChI is InChI=1S/C10H15B/c1-9(11)10-7-5-3-2-4-6-8-10/h9-10H,2-5,7H2,1H3. The van der Waals surface area contributed by atoms with Gasteiger partial charge < -0.3 is 0 Å². The molecular weight excluding hydrogens is 131 g/mol. The van der Waals surface area contributed by atoms with E-state index in [1.807, 2.05) is 0 Å². The highest BCUT2D eigenvalue weighted by Crippen LogP contribution is 2.21. The molecule has 0 saturated heterocycles. The second kappa shape index (κ2) is 4.49. The molecule has 0 bridgehead atoms. The van der Waals surface area contributed by atoms with Crippen LogP contribution in [0.3, 0.4) is 0 Å². The summed E-state index contributed by atoms with van der Waals surface area (Å²) in [5.74, 6) is 7.14. The van der Waals surface area contributed by atoms with Crippen molar-refractivity contribution in [3.8, 4) is 11.8 Å². The lowest BCUT2D eigenvalue weighted by Gasteiger charge is -2.15. The summed E-state index contributed by atoms with van der Waals surface area (Å²) in [5, 5.41) is 0. The third-order valence-corrected chi connectivity index (χ3v) is 2.24. The van der Waals surface area contributed by atoms with Crippen LogP contribution in [0.25, 0.3) is 0 Å². The monoisotopic (exact) mass is 146 g/mol. The maximum Gasteiger partial charge on any atom is 0.0712 e. The van der Waals surface area contributed by atoms with Crippen LogP contribution in [0.15, 0.2) is 0 Å².